The van der Waals surface area contributed by atoms with E-state index >= 15 is 0 Å². The maximum Gasteiger partial charge on any atom is 0.0940 e. The van der Waals surface area contributed by atoms with Crippen molar-refractivity contribution in [2.45, 2.75) is 25.5 Å². The Labute approximate surface area is 73.0 Å². The molecule has 2 nitrogen and oxygen atoms in total. The van der Waals surface area contributed by atoms with Crippen molar-refractivity contribution >= 4 is 0 Å². The minimum Gasteiger partial charge on any atom is -0.387 e. The van der Waals surface area contributed by atoms with Crippen LogP contribution in [0, 0.1) is 0 Å². The monoisotopic (exact) mass is 165 g/mol. The van der Waals surface area contributed by atoms with Crippen molar-refractivity contribution in [3.63, 3.8) is 0 Å². The molecule has 12 heavy (non-hydrogen) atoms. The van der Waals surface area contributed by atoms with Gasteiger partial charge in [-0.3, -0.25) is 0 Å². The lowest BCUT2D eigenvalue weighted by atomic mass is 10.0. The van der Waals surface area contributed by atoms with Gasteiger partial charge in [-0.15, -0.1) is 0 Å². The van der Waals surface area contributed by atoms with Crippen LogP contribution in [0.25, 0.3) is 0 Å². The molecule has 0 aliphatic heterocycles. The largest absolute Gasteiger partial charge is 0.387 e. The van der Waals surface area contributed by atoms with Gasteiger partial charge in [0, 0.05) is 6.04 Å². The van der Waals surface area contributed by atoms with Gasteiger partial charge in [0.1, 0.15) is 0 Å². The smallest absolute Gasteiger partial charge is 0.0940 e. The van der Waals surface area contributed by atoms with Crippen LogP contribution in [-0.2, 0) is 0 Å². The van der Waals surface area contributed by atoms with Gasteiger partial charge in [-0.05, 0) is 12.0 Å². The van der Waals surface area contributed by atoms with Crippen LogP contribution in [0.4, 0.5) is 0 Å². The Morgan fingerprint density at radius 1 is 1.33 bits per heavy atom. The molecular weight excluding hydrogens is 150 g/mol. The summed E-state index contributed by atoms with van der Waals surface area (Å²) < 4.78 is 0. The second-order valence-electron chi connectivity index (χ2n) is 2.93. The zero-order valence-electron chi connectivity index (χ0n) is 7.27. The first kappa shape index (κ1) is 9.23. The van der Waals surface area contributed by atoms with Crippen molar-refractivity contribution < 1.29 is 5.11 Å². The van der Waals surface area contributed by atoms with E-state index in [1.165, 1.54) is 0 Å². The predicted molar refractivity (Wildman–Crippen MR) is 49.7 cm³/mol. The number of aliphatic hydroxyl groups is 1. The highest BCUT2D eigenvalue weighted by Gasteiger charge is 2.13. The average Bonchev–Trinajstić information content (AvgIpc) is 2.17. The van der Waals surface area contributed by atoms with E-state index in [1.807, 2.05) is 37.3 Å². The standard InChI is InChI=1S/C10H15NO/c1-2-9(11)10(12)8-6-4-3-5-7-8/h3-7,9-10,12H,2,11H2,1H3/t9-,10-/m1/s1. The van der Waals surface area contributed by atoms with Gasteiger partial charge in [-0.1, -0.05) is 37.3 Å². The molecule has 0 saturated carbocycles. The normalized spacial score (nSPS) is 15.6. The molecule has 0 radical (unpaired) electrons. The van der Waals surface area contributed by atoms with Crippen LogP contribution < -0.4 is 5.73 Å². The minimum absolute atomic E-state index is 0.160. The maximum atomic E-state index is 9.66. The summed E-state index contributed by atoms with van der Waals surface area (Å²) in [7, 11) is 0. The van der Waals surface area contributed by atoms with E-state index < -0.39 is 6.10 Å². The van der Waals surface area contributed by atoms with Gasteiger partial charge < -0.3 is 10.8 Å². The van der Waals surface area contributed by atoms with Gasteiger partial charge in [-0.25, -0.2) is 0 Å². The van der Waals surface area contributed by atoms with Gasteiger partial charge in [-0.2, -0.15) is 0 Å². The Morgan fingerprint density at radius 3 is 2.42 bits per heavy atom. The van der Waals surface area contributed by atoms with E-state index in [-0.39, 0.29) is 6.04 Å². The molecule has 66 valence electrons. The molecule has 0 aliphatic rings. The maximum absolute atomic E-state index is 9.66. The van der Waals surface area contributed by atoms with Crippen LogP contribution in [0.5, 0.6) is 0 Å². The third kappa shape index (κ3) is 2.06. The van der Waals surface area contributed by atoms with Crippen LogP contribution in [0.1, 0.15) is 25.0 Å². The third-order valence-corrected chi connectivity index (χ3v) is 2.02. The number of nitrogens with two attached hydrogens (primary N) is 1. The molecule has 0 unspecified atom stereocenters. The van der Waals surface area contributed by atoms with Crippen LogP contribution in [0.15, 0.2) is 30.3 Å². The van der Waals surface area contributed by atoms with E-state index in [9.17, 15) is 5.11 Å². The zero-order valence-corrected chi connectivity index (χ0v) is 7.27. The van der Waals surface area contributed by atoms with Gasteiger partial charge in [0.2, 0.25) is 0 Å². The van der Waals surface area contributed by atoms with E-state index in [0.717, 1.165) is 12.0 Å². The van der Waals surface area contributed by atoms with E-state index in [0.29, 0.717) is 0 Å². The van der Waals surface area contributed by atoms with Crippen LogP contribution in [-0.4, -0.2) is 11.1 Å². The van der Waals surface area contributed by atoms with Crippen molar-refractivity contribution in [3.05, 3.63) is 35.9 Å². The first-order valence-electron chi connectivity index (χ1n) is 4.24. The summed E-state index contributed by atoms with van der Waals surface area (Å²) in [6.45, 7) is 1.97. The first-order chi connectivity index (χ1) is 5.75. The van der Waals surface area contributed by atoms with Crippen molar-refractivity contribution in [2.24, 2.45) is 5.73 Å². The molecule has 2 heteroatoms. The second-order valence-corrected chi connectivity index (χ2v) is 2.93. The van der Waals surface area contributed by atoms with E-state index in [4.69, 9.17) is 5.73 Å². The fraction of sp³-hybridized carbons (Fsp3) is 0.400. The molecule has 0 bridgehead atoms. The van der Waals surface area contributed by atoms with Gasteiger partial charge in [0.15, 0.2) is 0 Å². The second kappa shape index (κ2) is 4.24. The van der Waals surface area contributed by atoms with Crippen LogP contribution in [0.3, 0.4) is 0 Å². The quantitative estimate of drug-likeness (QED) is 0.712. The number of hydrogen-bond acceptors (Lipinski definition) is 2. The Hall–Kier alpha value is -0.860. The Morgan fingerprint density at radius 2 is 1.92 bits per heavy atom. The molecule has 0 spiro atoms. The summed E-state index contributed by atoms with van der Waals surface area (Å²) in [6.07, 6.45) is 0.256. The molecule has 1 rings (SSSR count). The van der Waals surface area contributed by atoms with Crippen molar-refractivity contribution in [1.29, 1.82) is 0 Å². The molecular formula is C10H15NO. The topological polar surface area (TPSA) is 46.2 Å². The summed E-state index contributed by atoms with van der Waals surface area (Å²) in [6, 6.07) is 9.35. The van der Waals surface area contributed by atoms with Crippen molar-refractivity contribution in [2.75, 3.05) is 0 Å². The van der Waals surface area contributed by atoms with Crippen molar-refractivity contribution in [3.8, 4) is 0 Å². The third-order valence-electron chi connectivity index (χ3n) is 2.02. The summed E-state index contributed by atoms with van der Waals surface area (Å²) in [5.41, 5.74) is 6.59. The molecule has 0 aliphatic carbocycles. The molecule has 0 fully saturated rings. The Kier molecular flexibility index (Phi) is 3.26. The highest BCUT2D eigenvalue weighted by Crippen LogP contribution is 2.16. The van der Waals surface area contributed by atoms with E-state index in [2.05, 4.69) is 0 Å². The molecule has 2 atom stereocenters. The SMILES string of the molecule is CC[C@@H](N)[C@H](O)c1ccccc1. The summed E-state index contributed by atoms with van der Waals surface area (Å²) >= 11 is 0. The minimum atomic E-state index is -0.531. The number of hydrogen-bond donors (Lipinski definition) is 2. The Bertz CT molecular complexity index is 223. The molecule has 0 heterocycles. The Balaban J connectivity index is 2.71. The fourth-order valence-electron chi connectivity index (χ4n) is 1.12. The number of benzene rings is 1. The molecule has 0 amide bonds. The first-order valence-corrected chi connectivity index (χ1v) is 4.24. The summed E-state index contributed by atoms with van der Waals surface area (Å²) in [5.74, 6) is 0. The highest BCUT2D eigenvalue weighted by molar-refractivity contribution is 5.18. The predicted octanol–water partition coefficient (Wildman–Crippen LogP) is 1.46. The summed E-state index contributed by atoms with van der Waals surface area (Å²) in [4.78, 5) is 0. The average molecular weight is 165 g/mol. The zero-order chi connectivity index (χ0) is 8.97. The van der Waals surface area contributed by atoms with Gasteiger partial charge >= 0.3 is 0 Å². The lowest BCUT2D eigenvalue weighted by molar-refractivity contribution is 0.144. The molecule has 0 aromatic heterocycles. The number of rotatable bonds is 3. The van der Waals surface area contributed by atoms with Crippen LogP contribution in [0.2, 0.25) is 0 Å². The van der Waals surface area contributed by atoms with Gasteiger partial charge in [0.05, 0.1) is 6.10 Å². The highest BCUT2D eigenvalue weighted by atomic mass is 16.3. The summed E-state index contributed by atoms with van der Waals surface area (Å²) in [5, 5.41) is 9.66. The van der Waals surface area contributed by atoms with Crippen LogP contribution >= 0.6 is 0 Å². The lowest BCUT2D eigenvalue weighted by Gasteiger charge is -2.16. The molecule has 1 aromatic carbocycles. The molecule has 1 aromatic rings. The van der Waals surface area contributed by atoms with Gasteiger partial charge in [0.25, 0.3) is 0 Å². The fourth-order valence-corrected chi connectivity index (χ4v) is 1.12. The number of aliphatic hydroxyl groups excluding tert-OH is 1. The molecule has 0 saturated heterocycles. The lowest BCUT2D eigenvalue weighted by Crippen LogP contribution is -2.27. The van der Waals surface area contributed by atoms with Crippen molar-refractivity contribution in [1.82, 2.24) is 0 Å². The van der Waals surface area contributed by atoms with E-state index in [1.54, 1.807) is 0 Å². The molecule has 3 N–H and O–H groups in total.